The molecule has 1 aromatic rings. The van der Waals surface area contributed by atoms with Gasteiger partial charge in [0, 0.05) is 24.0 Å². The molecular formula is C11H18N4. The molecular weight excluding hydrogens is 188 g/mol. The fourth-order valence-electron chi connectivity index (χ4n) is 2.02. The van der Waals surface area contributed by atoms with Crippen molar-refractivity contribution >= 4 is 5.95 Å². The molecule has 1 aliphatic carbocycles. The molecule has 0 radical (unpaired) electrons. The van der Waals surface area contributed by atoms with Crippen molar-refractivity contribution in [2.45, 2.75) is 44.7 Å². The number of anilines is 1. The third kappa shape index (κ3) is 2.65. The minimum absolute atomic E-state index is 0.239. The number of nitrogens with zero attached hydrogens (tertiary/aromatic N) is 2. The molecule has 15 heavy (non-hydrogen) atoms. The summed E-state index contributed by atoms with van der Waals surface area (Å²) < 4.78 is 0. The molecule has 1 fully saturated rings. The maximum absolute atomic E-state index is 6.05. The quantitative estimate of drug-likeness (QED) is 0.769. The first kappa shape index (κ1) is 10.4. The van der Waals surface area contributed by atoms with Crippen LogP contribution >= 0.6 is 0 Å². The molecule has 4 heteroatoms. The third-order valence-electron chi connectivity index (χ3n) is 2.93. The molecule has 0 spiro atoms. The van der Waals surface area contributed by atoms with Gasteiger partial charge in [-0.3, -0.25) is 0 Å². The zero-order chi connectivity index (χ0) is 10.7. The summed E-state index contributed by atoms with van der Waals surface area (Å²) in [6.45, 7) is 1.97. The Hall–Kier alpha value is -1.16. The Kier molecular flexibility index (Phi) is 3.16. The van der Waals surface area contributed by atoms with Gasteiger partial charge in [0.15, 0.2) is 0 Å². The summed E-state index contributed by atoms with van der Waals surface area (Å²) in [6.07, 6.45) is 6.49. The number of rotatable bonds is 2. The predicted molar refractivity (Wildman–Crippen MR) is 60.6 cm³/mol. The highest BCUT2D eigenvalue weighted by Crippen LogP contribution is 2.19. The van der Waals surface area contributed by atoms with E-state index >= 15 is 0 Å². The SMILES string of the molecule is Cc1ccnc(N[C@H]2CCCC[C@@H]2N)n1. The van der Waals surface area contributed by atoms with Crippen molar-refractivity contribution in [2.75, 3.05) is 5.32 Å². The molecule has 0 unspecified atom stereocenters. The van der Waals surface area contributed by atoms with Gasteiger partial charge in [-0.05, 0) is 25.8 Å². The number of nitrogens with two attached hydrogens (primary N) is 1. The number of nitrogens with one attached hydrogen (secondary N) is 1. The van der Waals surface area contributed by atoms with Gasteiger partial charge >= 0.3 is 0 Å². The second-order valence-electron chi connectivity index (χ2n) is 4.22. The third-order valence-corrected chi connectivity index (χ3v) is 2.93. The highest BCUT2D eigenvalue weighted by molar-refractivity contribution is 5.27. The van der Waals surface area contributed by atoms with E-state index < -0.39 is 0 Å². The average Bonchev–Trinajstić information content (AvgIpc) is 2.22. The Bertz CT molecular complexity index is 326. The molecule has 1 heterocycles. The van der Waals surface area contributed by atoms with E-state index in [1.165, 1.54) is 12.8 Å². The molecule has 0 aromatic carbocycles. The van der Waals surface area contributed by atoms with Crippen LogP contribution in [0.15, 0.2) is 12.3 Å². The summed E-state index contributed by atoms with van der Waals surface area (Å²) in [7, 11) is 0. The van der Waals surface area contributed by atoms with Crippen molar-refractivity contribution in [2.24, 2.45) is 5.73 Å². The summed E-state index contributed by atoms with van der Waals surface area (Å²) >= 11 is 0. The first-order valence-electron chi connectivity index (χ1n) is 5.57. The van der Waals surface area contributed by atoms with Gasteiger partial charge in [-0.15, -0.1) is 0 Å². The van der Waals surface area contributed by atoms with Crippen LogP contribution in [0.25, 0.3) is 0 Å². The predicted octanol–water partition coefficient (Wildman–Crippen LogP) is 1.47. The van der Waals surface area contributed by atoms with E-state index in [1.807, 2.05) is 13.0 Å². The zero-order valence-electron chi connectivity index (χ0n) is 9.11. The van der Waals surface area contributed by atoms with Gasteiger partial charge in [0.2, 0.25) is 5.95 Å². The van der Waals surface area contributed by atoms with Crippen LogP contribution in [0.1, 0.15) is 31.4 Å². The van der Waals surface area contributed by atoms with Crippen molar-refractivity contribution in [3.05, 3.63) is 18.0 Å². The maximum Gasteiger partial charge on any atom is 0.223 e. The second-order valence-corrected chi connectivity index (χ2v) is 4.22. The van der Waals surface area contributed by atoms with Crippen LogP contribution in [0, 0.1) is 6.92 Å². The lowest BCUT2D eigenvalue weighted by Gasteiger charge is -2.29. The monoisotopic (exact) mass is 206 g/mol. The van der Waals surface area contributed by atoms with E-state index in [9.17, 15) is 0 Å². The lowest BCUT2D eigenvalue weighted by molar-refractivity contribution is 0.402. The molecule has 3 N–H and O–H groups in total. The molecule has 2 atom stereocenters. The molecule has 0 saturated heterocycles. The Balaban J connectivity index is 2.01. The van der Waals surface area contributed by atoms with E-state index in [1.54, 1.807) is 6.20 Å². The maximum atomic E-state index is 6.05. The van der Waals surface area contributed by atoms with Gasteiger partial charge < -0.3 is 11.1 Å². The van der Waals surface area contributed by atoms with Gasteiger partial charge in [-0.1, -0.05) is 12.8 Å². The zero-order valence-corrected chi connectivity index (χ0v) is 9.11. The highest BCUT2D eigenvalue weighted by Gasteiger charge is 2.21. The Morgan fingerprint density at radius 2 is 2.20 bits per heavy atom. The minimum Gasteiger partial charge on any atom is -0.350 e. The highest BCUT2D eigenvalue weighted by atomic mass is 15.1. The van der Waals surface area contributed by atoms with E-state index in [-0.39, 0.29) is 6.04 Å². The van der Waals surface area contributed by atoms with Gasteiger partial charge in [0.25, 0.3) is 0 Å². The van der Waals surface area contributed by atoms with Gasteiger partial charge in [-0.2, -0.15) is 0 Å². The summed E-state index contributed by atoms with van der Waals surface area (Å²) in [5, 5.41) is 3.32. The van der Waals surface area contributed by atoms with E-state index in [2.05, 4.69) is 15.3 Å². The molecule has 82 valence electrons. The van der Waals surface area contributed by atoms with Crippen LogP contribution in [0.2, 0.25) is 0 Å². The van der Waals surface area contributed by atoms with Crippen molar-refractivity contribution < 1.29 is 0 Å². The normalized spacial score (nSPS) is 26.3. The van der Waals surface area contributed by atoms with Crippen molar-refractivity contribution in [1.29, 1.82) is 0 Å². The molecule has 1 aromatic heterocycles. The number of hydrogen-bond acceptors (Lipinski definition) is 4. The summed E-state index contributed by atoms with van der Waals surface area (Å²) in [5.41, 5.74) is 7.03. The second kappa shape index (κ2) is 4.57. The Morgan fingerprint density at radius 1 is 1.40 bits per heavy atom. The Labute approximate surface area is 90.3 Å². The molecule has 2 rings (SSSR count). The van der Waals surface area contributed by atoms with Gasteiger partial charge in [0.1, 0.15) is 0 Å². The first-order valence-corrected chi connectivity index (χ1v) is 5.57. The van der Waals surface area contributed by atoms with E-state index in [0.717, 1.165) is 18.5 Å². The van der Waals surface area contributed by atoms with Crippen LogP contribution < -0.4 is 11.1 Å². The topological polar surface area (TPSA) is 63.8 Å². The summed E-state index contributed by atoms with van der Waals surface area (Å²) in [4.78, 5) is 8.51. The smallest absolute Gasteiger partial charge is 0.223 e. The molecule has 0 amide bonds. The number of aromatic nitrogens is 2. The van der Waals surface area contributed by atoms with E-state index in [0.29, 0.717) is 12.0 Å². The summed E-state index contributed by atoms with van der Waals surface area (Å²) in [5.74, 6) is 0.706. The first-order chi connectivity index (χ1) is 7.25. The minimum atomic E-state index is 0.239. The Morgan fingerprint density at radius 3 is 2.93 bits per heavy atom. The fraction of sp³-hybridized carbons (Fsp3) is 0.636. The van der Waals surface area contributed by atoms with Crippen LogP contribution in [-0.4, -0.2) is 22.1 Å². The van der Waals surface area contributed by atoms with Crippen LogP contribution in [-0.2, 0) is 0 Å². The van der Waals surface area contributed by atoms with Crippen LogP contribution in [0.4, 0.5) is 5.95 Å². The van der Waals surface area contributed by atoms with Gasteiger partial charge in [0.05, 0.1) is 0 Å². The molecule has 0 aliphatic heterocycles. The molecule has 4 nitrogen and oxygen atoms in total. The molecule has 0 bridgehead atoms. The average molecular weight is 206 g/mol. The largest absolute Gasteiger partial charge is 0.350 e. The van der Waals surface area contributed by atoms with Crippen LogP contribution in [0.3, 0.4) is 0 Å². The van der Waals surface area contributed by atoms with Crippen molar-refractivity contribution in [3.63, 3.8) is 0 Å². The molecule has 1 saturated carbocycles. The van der Waals surface area contributed by atoms with Gasteiger partial charge in [-0.25, -0.2) is 9.97 Å². The standard InChI is InChI=1S/C11H18N4/c1-8-6-7-13-11(14-8)15-10-5-3-2-4-9(10)12/h6-7,9-10H,2-5,12H2,1H3,(H,13,14,15)/t9-,10-/m0/s1. The molecule has 1 aliphatic rings. The summed E-state index contributed by atoms with van der Waals surface area (Å²) in [6, 6.07) is 2.47. The van der Waals surface area contributed by atoms with Crippen molar-refractivity contribution in [1.82, 2.24) is 9.97 Å². The number of hydrogen-bond donors (Lipinski definition) is 2. The van der Waals surface area contributed by atoms with E-state index in [4.69, 9.17) is 5.73 Å². The van der Waals surface area contributed by atoms with Crippen molar-refractivity contribution in [3.8, 4) is 0 Å². The lowest BCUT2D eigenvalue weighted by atomic mass is 9.91. The number of aryl methyl sites for hydroxylation is 1. The van der Waals surface area contributed by atoms with Crippen LogP contribution in [0.5, 0.6) is 0 Å². The fourth-order valence-corrected chi connectivity index (χ4v) is 2.02. The lowest BCUT2D eigenvalue weighted by Crippen LogP contribution is -2.42.